The first-order valence-electron chi connectivity index (χ1n) is 6.16. The van der Waals surface area contributed by atoms with Crippen LogP contribution in [0, 0.1) is 17.0 Å². The lowest BCUT2D eigenvalue weighted by Crippen LogP contribution is -2.18. The number of nitrogens with zero attached hydrogens (tertiary/aromatic N) is 2. The Morgan fingerprint density at radius 2 is 2.24 bits per heavy atom. The van der Waals surface area contributed by atoms with Gasteiger partial charge in [0.25, 0.3) is 11.6 Å². The molecule has 0 unspecified atom stereocenters. The maximum atomic E-state index is 11.6. The van der Waals surface area contributed by atoms with Gasteiger partial charge in [0.05, 0.1) is 22.7 Å². The Kier molecular flexibility index (Phi) is 4.49. The molecule has 0 atom stereocenters. The van der Waals surface area contributed by atoms with Crippen molar-refractivity contribution in [2.75, 3.05) is 12.4 Å². The molecule has 2 N–H and O–H groups in total. The van der Waals surface area contributed by atoms with Gasteiger partial charge in [0.15, 0.2) is 0 Å². The van der Waals surface area contributed by atoms with Crippen LogP contribution in [0.2, 0.25) is 0 Å². The lowest BCUT2D eigenvalue weighted by molar-refractivity contribution is -0.384. The number of anilines is 1. The first-order chi connectivity index (χ1) is 10.0. The summed E-state index contributed by atoms with van der Waals surface area (Å²) in [5, 5.41) is 16.6. The van der Waals surface area contributed by atoms with Crippen molar-refractivity contribution in [3.05, 3.63) is 50.0 Å². The van der Waals surface area contributed by atoms with Gasteiger partial charge in [0.2, 0.25) is 0 Å². The molecule has 0 aliphatic carbocycles. The van der Waals surface area contributed by atoms with Gasteiger partial charge in [-0.3, -0.25) is 14.9 Å². The molecule has 0 aliphatic rings. The third kappa shape index (κ3) is 3.34. The summed E-state index contributed by atoms with van der Waals surface area (Å²) < 4.78 is 0. The molecule has 21 heavy (non-hydrogen) atoms. The summed E-state index contributed by atoms with van der Waals surface area (Å²) in [5.74, 6) is -0.290. The van der Waals surface area contributed by atoms with Gasteiger partial charge < -0.3 is 10.6 Å². The fraction of sp³-hybridized carbons (Fsp3) is 0.231. The van der Waals surface area contributed by atoms with E-state index in [0.29, 0.717) is 17.8 Å². The van der Waals surface area contributed by atoms with E-state index in [1.54, 1.807) is 5.51 Å². The van der Waals surface area contributed by atoms with Gasteiger partial charge in [0.1, 0.15) is 5.69 Å². The van der Waals surface area contributed by atoms with E-state index < -0.39 is 4.92 Å². The summed E-state index contributed by atoms with van der Waals surface area (Å²) in [6.45, 7) is 2.30. The number of rotatable bonds is 5. The summed E-state index contributed by atoms with van der Waals surface area (Å²) in [6, 6.07) is 4.24. The number of thiazole rings is 1. The summed E-state index contributed by atoms with van der Waals surface area (Å²) in [5.41, 5.74) is 3.23. The molecule has 1 heterocycles. The van der Waals surface area contributed by atoms with E-state index in [-0.39, 0.29) is 11.6 Å². The number of carbonyl (C=O) groups excluding carboxylic acids is 1. The zero-order chi connectivity index (χ0) is 15.4. The van der Waals surface area contributed by atoms with Crippen LogP contribution in [-0.2, 0) is 6.54 Å². The van der Waals surface area contributed by atoms with E-state index in [1.807, 2.05) is 6.92 Å². The van der Waals surface area contributed by atoms with E-state index in [0.717, 1.165) is 10.6 Å². The number of aryl methyl sites for hydroxylation is 1. The minimum atomic E-state index is -0.477. The molecule has 1 amide bonds. The Bertz CT molecular complexity index is 684. The molecule has 0 aliphatic heterocycles. The fourth-order valence-corrected chi connectivity index (χ4v) is 2.51. The molecule has 0 fully saturated rings. The van der Waals surface area contributed by atoms with Gasteiger partial charge in [-0.15, -0.1) is 11.3 Å². The van der Waals surface area contributed by atoms with Crippen LogP contribution in [-0.4, -0.2) is 22.9 Å². The maximum Gasteiger partial charge on any atom is 0.292 e. The quantitative estimate of drug-likeness (QED) is 0.652. The number of benzene rings is 1. The van der Waals surface area contributed by atoms with Gasteiger partial charge in [-0.25, -0.2) is 4.98 Å². The Hall–Kier alpha value is -2.48. The first kappa shape index (κ1) is 14.9. The molecule has 8 heteroatoms. The van der Waals surface area contributed by atoms with Gasteiger partial charge in [0, 0.05) is 23.6 Å². The monoisotopic (exact) mass is 306 g/mol. The van der Waals surface area contributed by atoms with Crippen LogP contribution in [0.3, 0.4) is 0 Å². The summed E-state index contributed by atoms with van der Waals surface area (Å²) in [6.07, 6.45) is 0. The van der Waals surface area contributed by atoms with Crippen molar-refractivity contribution in [2.45, 2.75) is 13.5 Å². The Morgan fingerprint density at radius 3 is 2.81 bits per heavy atom. The van der Waals surface area contributed by atoms with E-state index in [1.165, 1.54) is 36.6 Å². The highest BCUT2D eigenvalue weighted by Crippen LogP contribution is 2.26. The zero-order valence-corrected chi connectivity index (χ0v) is 12.4. The predicted molar refractivity (Wildman–Crippen MR) is 80.7 cm³/mol. The fourth-order valence-electron chi connectivity index (χ4n) is 1.79. The van der Waals surface area contributed by atoms with Gasteiger partial charge in [-0.1, -0.05) is 0 Å². The second-order valence-electron chi connectivity index (χ2n) is 4.28. The molecule has 7 nitrogen and oxygen atoms in total. The molecule has 2 rings (SSSR count). The Balaban J connectivity index is 2.28. The number of amides is 1. The number of hydrogen-bond acceptors (Lipinski definition) is 6. The number of nitrogens with one attached hydrogen (secondary N) is 2. The molecule has 0 saturated carbocycles. The van der Waals surface area contributed by atoms with Crippen molar-refractivity contribution >= 4 is 28.6 Å². The summed E-state index contributed by atoms with van der Waals surface area (Å²) in [4.78, 5) is 27.3. The summed E-state index contributed by atoms with van der Waals surface area (Å²) in [7, 11) is 1.51. The average molecular weight is 306 g/mol. The number of carbonyl (C=O) groups is 1. The molecular formula is C13H14N4O3S. The highest BCUT2D eigenvalue weighted by atomic mass is 32.1. The minimum absolute atomic E-state index is 0.0650. The minimum Gasteiger partial charge on any atom is -0.375 e. The highest BCUT2D eigenvalue weighted by Gasteiger charge is 2.16. The van der Waals surface area contributed by atoms with E-state index >= 15 is 0 Å². The molecular weight excluding hydrogens is 292 g/mol. The predicted octanol–water partition coefficient (Wildman–Crippen LogP) is 2.33. The first-order valence-corrected chi connectivity index (χ1v) is 7.04. The van der Waals surface area contributed by atoms with E-state index in [2.05, 4.69) is 15.6 Å². The van der Waals surface area contributed by atoms with Crippen LogP contribution in [0.5, 0.6) is 0 Å². The number of hydrogen-bond donors (Lipinski definition) is 2. The zero-order valence-electron chi connectivity index (χ0n) is 11.5. The number of nitro benzene ring substituents is 1. The third-order valence-corrected chi connectivity index (χ3v) is 3.90. The molecule has 0 radical (unpaired) electrons. The Labute approximate surface area is 125 Å². The molecule has 0 spiro atoms. The second-order valence-corrected chi connectivity index (χ2v) is 5.22. The van der Waals surface area contributed by atoms with Crippen molar-refractivity contribution < 1.29 is 9.72 Å². The average Bonchev–Trinajstić information content (AvgIpc) is 2.89. The lowest BCUT2D eigenvalue weighted by Gasteiger charge is -2.08. The largest absolute Gasteiger partial charge is 0.375 e. The molecule has 1 aromatic heterocycles. The lowest BCUT2D eigenvalue weighted by atomic mass is 10.1. The summed E-state index contributed by atoms with van der Waals surface area (Å²) >= 11 is 1.48. The smallest absolute Gasteiger partial charge is 0.292 e. The van der Waals surface area contributed by atoms with E-state index in [4.69, 9.17) is 0 Å². The van der Waals surface area contributed by atoms with E-state index in [9.17, 15) is 14.9 Å². The SMILES string of the molecule is CNC(=O)c1ccc([N+](=O)[O-])c(NCc2scnc2C)c1. The van der Waals surface area contributed by atoms with Crippen molar-refractivity contribution in [1.29, 1.82) is 0 Å². The van der Waals surface area contributed by atoms with Crippen molar-refractivity contribution in [3.63, 3.8) is 0 Å². The molecule has 0 saturated heterocycles. The van der Waals surface area contributed by atoms with Crippen molar-refractivity contribution in [3.8, 4) is 0 Å². The van der Waals surface area contributed by atoms with Gasteiger partial charge in [-0.05, 0) is 19.1 Å². The van der Waals surface area contributed by atoms with Crippen LogP contribution in [0.4, 0.5) is 11.4 Å². The van der Waals surface area contributed by atoms with Crippen LogP contribution < -0.4 is 10.6 Å². The highest BCUT2D eigenvalue weighted by molar-refractivity contribution is 7.09. The maximum absolute atomic E-state index is 11.6. The second kappa shape index (κ2) is 6.31. The van der Waals surface area contributed by atoms with Gasteiger partial charge >= 0.3 is 0 Å². The van der Waals surface area contributed by atoms with Crippen LogP contribution in [0.25, 0.3) is 0 Å². The molecule has 2 aromatic rings. The molecule has 110 valence electrons. The van der Waals surface area contributed by atoms with Crippen LogP contribution in [0.15, 0.2) is 23.7 Å². The topological polar surface area (TPSA) is 97.2 Å². The van der Waals surface area contributed by atoms with Crippen molar-refractivity contribution in [2.24, 2.45) is 0 Å². The normalized spacial score (nSPS) is 10.2. The van der Waals surface area contributed by atoms with Gasteiger partial charge in [-0.2, -0.15) is 0 Å². The number of aromatic nitrogens is 1. The third-order valence-electron chi connectivity index (χ3n) is 2.97. The molecule has 1 aromatic carbocycles. The number of nitro groups is 1. The van der Waals surface area contributed by atoms with Crippen LogP contribution >= 0.6 is 11.3 Å². The van der Waals surface area contributed by atoms with Crippen LogP contribution in [0.1, 0.15) is 20.9 Å². The van der Waals surface area contributed by atoms with Crippen molar-refractivity contribution in [1.82, 2.24) is 10.3 Å². The standard InChI is InChI=1S/C13H14N4O3S/c1-8-12(21-7-16-8)6-15-10-5-9(13(18)14-2)3-4-11(10)17(19)20/h3-5,7,15H,6H2,1-2H3,(H,14,18). The Morgan fingerprint density at radius 1 is 1.48 bits per heavy atom. The molecule has 0 bridgehead atoms.